The van der Waals surface area contributed by atoms with Crippen LogP contribution in [0.15, 0.2) is 0 Å². The first-order valence-corrected chi connectivity index (χ1v) is 6.03. The third-order valence-corrected chi connectivity index (χ3v) is 3.63. The molecule has 1 heterocycles. The van der Waals surface area contributed by atoms with Gasteiger partial charge in [0.25, 0.3) is 0 Å². The second-order valence-electron chi connectivity index (χ2n) is 4.99. The summed E-state index contributed by atoms with van der Waals surface area (Å²) in [5, 5.41) is 3.49. The third-order valence-electron chi connectivity index (χ3n) is 3.63. The predicted octanol–water partition coefficient (Wildman–Crippen LogP) is 2.13. The van der Waals surface area contributed by atoms with Gasteiger partial charge in [-0.05, 0) is 31.7 Å². The lowest BCUT2D eigenvalue weighted by molar-refractivity contribution is -0.121. The predicted molar refractivity (Wildman–Crippen MR) is 57.2 cm³/mol. The van der Waals surface area contributed by atoms with Crippen molar-refractivity contribution in [1.82, 2.24) is 5.32 Å². The molecule has 1 aliphatic carbocycles. The van der Waals surface area contributed by atoms with E-state index in [0.717, 1.165) is 19.4 Å². The standard InChI is InChI=1S/C12H21NO/c1-9-7-11(9)12(14)8-10-5-3-2-4-6-13-10/h9-11,13H,2-8H2,1H3. The minimum absolute atomic E-state index is 0.417. The monoisotopic (exact) mass is 195 g/mol. The first-order valence-electron chi connectivity index (χ1n) is 6.03. The van der Waals surface area contributed by atoms with E-state index >= 15 is 0 Å². The molecule has 0 spiro atoms. The van der Waals surface area contributed by atoms with Crippen molar-refractivity contribution in [1.29, 1.82) is 0 Å². The summed E-state index contributed by atoms with van der Waals surface area (Å²) in [5.41, 5.74) is 0. The van der Waals surface area contributed by atoms with Crippen LogP contribution in [0.25, 0.3) is 0 Å². The van der Waals surface area contributed by atoms with E-state index in [2.05, 4.69) is 12.2 Å². The normalized spacial score (nSPS) is 37.6. The van der Waals surface area contributed by atoms with Crippen molar-refractivity contribution < 1.29 is 4.79 Å². The largest absolute Gasteiger partial charge is 0.314 e. The Balaban J connectivity index is 1.75. The van der Waals surface area contributed by atoms with Crippen LogP contribution >= 0.6 is 0 Å². The SMILES string of the molecule is CC1CC1C(=O)CC1CCCCCN1. The van der Waals surface area contributed by atoms with Gasteiger partial charge >= 0.3 is 0 Å². The molecule has 3 atom stereocenters. The molecule has 1 N–H and O–H groups in total. The zero-order valence-electron chi connectivity index (χ0n) is 9.09. The summed E-state index contributed by atoms with van der Waals surface area (Å²) in [6.45, 7) is 3.29. The van der Waals surface area contributed by atoms with Crippen LogP contribution in [0.2, 0.25) is 0 Å². The topological polar surface area (TPSA) is 29.1 Å². The Morgan fingerprint density at radius 1 is 1.36 bits per heavy atom. The van der Waals surface area contributed by atoms with E-state index in [-0.39, 0.29) is 0 Å². The Morgan fingerprint density at radius 2 is 2.14 bits per heavy atom. The fourth-order valence-electron chi connectivity index (χ4n) is 2.44. The minimum atomic E-state index is 0.417. The van der Waals surface area contributed by atoms with Crippen molar-refractivity contribution >= 4 is 5.78 Å². The average Bonchev–Trinajstić information content (AvgIpc) is 2.90. The fraction of sp³-hybridized carbons (Fsp3) is 0.917. The van der Waals surface area contributed by atoms with Gasteiger partial charge in [-0.2, -0.15) is 0 Å². The van der Waals surface area contributed by atoms with Crippen LogP contribution in [-0.2, 0) is 4.79 Å². The Hall–Kier alpha value is -0.370. The maximum absolute atomic E-state index is 11.8. The Bertz CT molecular complexity index is 206. The highest BCUT2D eigenvalue weighted by molar-refractivity contribution is 5.84. The number of ketones is 1. The summed E-state index contributed by atoms with van der Waals surface area (Å²) < 4.78 is 0. The molecule has 3 unspecified atom stereocenters. The quantitative estimate of drug-likeness (QED) is 0.747. The molecule has 0 aromatic carbocycles. The molecule has 1 saturated carbocycles. The van der Waals surface area contributed by atoms with Crippen molar-refractivity contribution in [3.05, 3.63) is 0 Å². The van der Waals surface area contributed by atoms with E-state index in [1.807, 2.05) is 0 Å². The smallest absolute Gasteiger partial charge is 0.137 e. The van der Waals surface area contributed by atoms with Crippen molar-refractivity contribution in [2.75, 3.05) is 6.54 Å². The Kier molecular flexibility index (Phi) is 3.22. The zero-order valence-corrected chi connectivity index (χ0v) is 9.09. The van der Waals surface area contributed by atoms with E-state index in [9.17, 15) is 4.79 Å². The molecule has 2 heteroatoms. The van der Waals surface area contributed by atoms with Gasteiger partial charge in [0.15, 0.2) is 0 Å². The van der Waals surface area contributed by atoms with Crippen LogP contribution < -0.4 is 5.32 Å². The average molecular weight is 195 g/mol. The second kappa shape index (κ2) is 4.43. The van der Waals surface area contributed by atoms with Crippen LogP contribution in [0.5, 0.6) is 0 Å². The van der Waals surface area contributed by atoms with E-state index in [1.165, 1.54) is 25.7 Å². The number of hydrogen-bond acceptors (Lipinski definition) is 2. The van der Waals surface area contributed by atoms with Crippen molar-refractivity contribution in [3.8, 4) is 0 Å². The second-order valence-corrected chi connectivity index (χ2v) is 4.99. The first kappa shape index (κ1) is 10.2. The lowest BCUT2D eigenvalue weighted by Crippen LogP contribution is -2.31. The molecule has 2 rings (SSSR count). The molecule has 1 saturated heterocycles. The molecular weight excluding hydrogens is 174 g/mol. The van der Waals surface area contributed by atoms with Crippen LogP contribution in [-0.4, -0.2) is 18.4 Å². The highest BCUT2D eigenvalue weighted by Gasteiger charge is 2.39. The molecule has 0 radical (unpaired) electrons. The molecule has 2 fully saturated rings. The summed E-state index contributed by atoms with van der Waals surface area (Å²) in [4.78, 5) is 11.8. The lowest BCUT2D eigenvalue weighted by Gasteiger charge is -2.14. The van der Waals surface area contributed by atoms with E-state index in [4.69, 9.17) is 0 Å². The molecule has 0 amide bonds. The molecule has 1 aliphatic heterocycles. The minimum Gasteiger partial charge on any atom is -0.314 e. The lowest BCUT2D eigenvalue weighted by atomic mass is 10.0. The summed E-state index contributed by atoms with van der Waals surface area (Å²) in [5.74, 6) is 1.60. The fourth-order valence-corrected chi connectivity index (χ4v) is 2.44. The van der Waals surface area contributed by atoms with Crippen LogP contribution in [0.1, 0.15) is 45.4 Å². The highest BCUT2D eigenvalue weighted by Crippen LogP contribution is 2.39. The molecule has 0 aromatic heterocycles. The maximum Gasteiger partial charge on any atom is 0.137 e. The van der Waals surface area contributed by atoms with E-state index in [0.29, 0.717) is 23.7 Å². The molecule has 80 valence electrons. The molecule has 0 bridgehead atoms. The molecule has 2 nitrogen and oxygen atoms in total. The van der Waals surface area contributed by atoms with E-state index < -0.39 is 0 Å². The molecular formula is C12H21NO. The number of carbonyl (C=O) groups excluding carboxylic acids is 1. The first-order chi connectivity index (χ1) is 6.77. The van der Waals surface area contributed by atoms with Gasteiger partial charge in [0.05, 0.1) is 0 Å². The van der Waals surface area contributed by atoms with Gasteiger partial charge in [-0.25, -0.2) is 0 Å². The van der Waals surface area contributed by atoms with Gasteiger partial charge in [-0.3, -0.25) is 4.79 Å². The van der Waals surface area contributed by atoms with Crippen molar-refractivity contribution in [3.63, 3.8) is 0 Å². The molecule has 14 heavy (non-hydrogen) atoms. The van der Waals surface area contributed by atoms with Gasteiger partial charge in [0.1, 0.15) is 5.78 Å². The Morgan fingerprint density at radius 3 is 2.86 bits per heavy atom. The third kappa shape index (κ3) is 2.57. The Labute approximate surface area is 86.5 Å². The highest BCUT2D eigenvalue weighted by atomic mass is 16.1. The van der Waals surface area contributed by atoms with Gasteiger partial charge in [0.2, 0.25) is 0 Å². The van der Waals surface area contributed by atoms with Gasteiger partial charge in [-0.1, -0.05) is 19.8 Å². The summed E-state index contributed by atoms with van der Waals surface area (Å²) in [6.07, 6.45) is 7.04. The van der Waals surface area contributed by atoms with Gasteiger partial charge in [-0.15, -0.1) is 0 Å². The zero-order chi connectivity index (χ0) is 9.97. The molecule has 0 aromatic rings. The van der Waals surface area contributed by atoms with Crippen LogP contribution in [0.4, 0.5) is 0 Å². The van der Waals surface area contributed by atoms with Crippen LogP contribution in [0, 0.1) is 11.8 Å². The van der Waals surface area contributed by atoms with Gasteiger partial charge in [0, 0.05) is 18.4 Å². The van der Waals surface area contributed by atoms with E-state index in [1.54, 1.807) is 0 Å². The summed E-state index contributed by atoms with van der Waals surface area (Å²) in [7, 11) is 0. The summed E-state index contributed by atoms with van der Waals surface area (Å²) >= 11 is 0. The number of rotatable bonds is 3. The number of hydrogen-bond donors (Lipinski definition) is 1. The van der Waals surface area contributed by atoms with Crippen molar-refractivity contribution in [2.24, 2.45) is 11.8 Å². The summed E-state index contributed by atoms with van der Waals surface area (Å²) in [6, 6.07) is 0.484. The number of carbonyl (C=O) groups is 1. The van der Waals surface area contributed by atoms with Crippen molar-refractivity contribution in [2.45, 2.75) is 51.5 Å². The van der Waals surface area contributed by atoms with Gasteiger partial charge < -0.3 is 5.32 Å². The number of Topliss-reactive ketones (excluding diaryl/α,β-unsaturated/α-hetero) is 1. The van der Waals surface area contributed by atoms with Crippen LogP contribution in [0.3, 0.4) is 0 Å². The number of nitrogens with one attached hydrogen (secondary N) is 1. The maximum atomic E-state index is 11.8. The molecule has 2 aliphatic rings.